The molecule has 0 aromatic heterocycles. The molecule has 90 heavy (non-hydrogen) atoms. The second-order valence-corrected chi connectivity index (χ2v) is 27.5. The van der Waals surface area contributed by atoms with Crippen LogP contribution in [-0.2, 0) is 23.7 Å². The van der Waals surface area contributed by atoms with E-state index in [0.29, 0.717) is 6.42 Å². The zero-order chi connectivity index (χ0) is 65.2. The van der Waals surface area contributed by atoms with Gasteiger partial charge in [-0.3, -0.25) is 4.79 Å². The highest BCUT2D eigenvalue weighted by Crippen LogP contribution is 2.30. The first kappa shape index (κ1) is 84.6. The van der Waals surface area contributed by atoms with Gasteiger partial charge < -0.3 is 65.1 Å². The van der Waals surface area contributed by atoms with Gasteiger partial charge in [0.1, 0.15) is 48.8 Å². The van der Waals surface area contributed by atoms with E-state index in [0.717, 1.165) is 38.5 Å². The Labute approximate surface area is 551 Å². The van der Waals surface area contributed by atoms with E-state index in [1.165, 1.54) is 295 Å². The van der Waals surface area contributed by atoms with E-state index in [1.54, 1.807) is 6.08 Å². The van der Waals surface area contributed by atoms with Gasteiger partial charge in [-0.25, -0.2) is 0 Å². The highest BCUT2D eigenvalue weighted by atomic mass is 16.7. The van der Waals surface area contributed by atoms with Crippen LogP contribution in [0.1, 0.15) is 361 Å². The van der Waals surface area contributed by atoms with Gasteiger partial charge >= 0.3 is 0 Å². The Balaban J connectivity index is 1.64. The van der Waals surface area contributed by atoms with Crippen LogP contribution in [-0.4, -0.2) is 140 Å². The highest BCUT2D eigenvalue weighted by molar-refractivity contribution is 5.76. The highest BCUT2D eigenvalue weighted by Gasteiger charge is 2.51. The first-order valence-electron chi connectivity index (χ1n) is 38.6. The number of aliphatic hydroxyl groups excluding tert-OH is 8. The summed E-state index contributed by atoms with van der Waals surface area (Å²) in [5.41, 5.74) is 0. The molecule has 2 fully saturated rings. The normalized spacial score (nSPS) is 23.0. The molecule has 0 spiro atoms. The van der Waals surface area contributed by atoms with E-state index in [-0.39, 0.29) is 18.9 Å². The molecule has 2 aliphatic rings. The third kappa shape index (κ3) is 44.3. The summed E-state index contributed by atoms with van der Waals surface area (Å²) in [6, 6.07) is -0.914. The maximum atomic E-state index is 13.4. The fourth-order valence-electron chi connectivity index (χ4n) is 13.0. The van der Waals surface area contributed by atoms with Crippen molar-refractivity contribution in [2.24, 2.45) is 0 Å². The molecule has 0 aromatic carbocycles. The molecule has 9 N–H and O–H groups in total. The lowest BCUT2D eigenvalue weighted by Crippen LogP contribution is -2.65. The van der Waals surface area contributed by atoms with Crippen molar-refractivity contribution in [1.29, 1.82) is 0 Å². The van der Waals surface area contributed by atoms with Crippen LogP contribution >= 0.6 is 0 Å². The molecule has 12 atom stereocenters. The quantitative estimate of drug-likeness (QED) is 0.0204. The minimum Gasteiger partial charge on any atom is -0.394 e. The van der Waals surface area contributed by atoms with Crippen molar-refractivity contribution in [3.63, 3.8) is 0 Å². The maximum absolute atomic E-state index is 13.4. The molecule has 2 rings (SSSR count). The Hall–Kier alpha value is -1.53. The number of hydrogen-bond acceptors (Lipinski definition) is 13. The molecule has 0 bridgehead atoms. The number of hydrogen-bond donors (Lipinski definition) is 9. The third-order valence-electron chi connectivity index (χ3n) is 19.1. The lowest BCUT2D eigenvalue weighted by Gasteiger charge is -2.46. The van der Waals surface area contributed by atoms with Crippen molar-refractivity contribution in [2.75, 3.05) is 19.8 Å². The van der Waals surface area contributed by atoms with Crippen molar-refractivity contribution in [2.45, 2.75) is 434 Å². The largest absolute Gasteiger partial charge is 0.394 e. The monoisotopic (exact) mass is 1280 g/mol. The van der Waals surface area contributed by atoms with E-state index >= 15 is 0 Å². The first-order chi connectivity index (χ1) is 44.1. The summed E-state index contributed by atoms with van der Waals surface area (Å²) in [5, 5.41) is 87.6. The molecular formula is C76H145NO13. The number of allylic oxidation sites excluding steroid dienone is 3. The van der Waals surface area contributed by atoms with Crippen molar-refractivity contribution in [3.05, 3.63) is 24.3 Å². The number of aliphatic hydroxyl groups is 8. The molecule has 532 valence electrons. The Morgan fingerprint density at radius 2 is 0.700 bits per heavy atom. The molecular weight excluding hydrogens is 1130 g/mol. The lowest BCUT2D eigenvalue weighted by molar-refractivity contribution is -0.359. The van der Waals surface area contributed by atoms with Crippen LogP contribution in [0.3, 0.4) is 0 Å². The van der Waals surface area contributed by atoms with Crippen LogP contribution in [0.5, 0.6) is 0 Å². The molecule has 2 heterocycles. The zero-order valence-electron chi connectivity index (χ0n) is 58.2. The van der Waals surface area contributed by atoms with Crippen molar-refractivity contribution in [1.82, 2.24) is 5.32 Å². The van der Waals surface area contributed by atoms with Gasteiger partial charge in [0.25, 0.3) is 0 Å². The number of ether oxygens (including phenoxy) is 4. The predicted molar refractivity (Wildman–Crippen MR) is 369 cm³/mol. The smallest absolute Gasteiger partial charge is 0.220 e. The Kier molecular flexibility index (Phi) is 57.4. The standard InChI is InChI=1S/C76H145NO13/c1-3-5-7-9-11-13-15-17-19-21-23-25-27-29-31-32-34-36-38-40-42-44-46-48-50-52-54-56-58-60-68(81)77-64(63-87-75-73(86)71(84)74(67(62-79)89-75)90-76-72(85)70(83)69(82)66(61-78)88-76)65(80)59-57-55-53-51-49-47-45-43-41-39-37-35-33-30-28-26-24-22-20-18-16-14-12-10-8-6-4-2/h21,23,57,59,64-67,69-76,78-80,82-86H,3-20,22,24-56,58,60-63H2,1-2H3,(H,77,81)/b23-21-,59-57+. The second-order valence-electron chi connectivity index (χ2n) is 27.5. The Morgan fingerprint density at radius 3 is 1.06 bits per heavy atom. The summed E-state index contributed by atoms with van der Waals surface area (Å²) in [6.07, 6.45) is 61.1. The third-order valence-corrected chi connectivity index (χ3v) is 19.1. The van der Waals surface area contributed by atoms with Gasteiger partial charge in [0.15, 0.2) is 12.6 Å². The number of amides is 1. The summed E-state index contributed by atoms with van der Waals surface area (Å²) in [5.74, 6) is -0.231. The fourth-order valence-corrected chi connectivity index (χ4v) is 13.0. The first-order valence-corrected chi connectivity index (χ1v) is 38.6. The number of rotatable bonds is 65. The molecule has 12 unspecified atom stereocenters. The molecule has 0 radical (unpaired) electrons. The molecule has 0 aliphatic carbocycles. The second kappa shape index (κ2) is 61.1. The summed E-state index contributed by atoms with van der Waals surface area (Å²) < 4.78 is 22.9. The van der Waals surface area contributed by atoms with Gasteiger partial charge in [0, 0.05) is 6.42 Å². The molecule has 2 aliphatic heterocycles. The van der Waals surface area contributed by atoms with E-state index in [4.69, 9.17) is 18.9 Å². The topological polar surface area (TPSA) is 228 Å². The van der Waals surface area contributed by atoms with Gasteiger partial charge in [0.2, 0.25) is 5.91 Å². The Morgan fingerprint density at radius 1 is 0.389 bits per heavy atom. The van der Waals surface area contributed by atoms with Crippen molar-refractivity contribution in [3.8, 4) is 0 Å². The average Bonchev–Trinajstić information content (AvgIpc) is 1.26. The van der Waals surface area contributed by atoms with Crippen LogP contribution < -0.4 is 5.32 Å². The van der Waals surface area contributed by atoms with Crippen molar-refractivity contribution >= 4 is 5.91 Å². The summed E-state index contributed by atoms with van der Waals surface area (Å²) in [7, 11) is 0. The molecule has 0 saturated carbocycles. The predicted octanol–water partition coefficient (Wildman–Crippen LogP) is 16.7. The van der Waals surface area contributed by atoms with Crippen LogP contribution in [0.4, 0.5) is 0 Å². The van der Waals surface area contributed by atoms with Crippen LogP contribution in [0.15, 0.2) is 24.3 Å². The summed E-state index contributed by atoms with van der Waals surface area (Å²) in [6.45, 7) is 2.87. The number of nitrogens with one attached hydrogen (secondary N) is 1. The van der Waals surface area contributed by atoms with E-state index in [1.807, 2.05) is 6.08 Å². The van der Waals surface area contributed by atoms with Gasteiger partial charge in [-0.05, 0) is 44.9 Å². The Bertz CT molecular complexity index is 1600. The summed E-state index contributed by atoms with van der Waals surface area (Å²) in [4.78, 5) is 13.4. The maximum Gasteiger partial charge on any atom is 0.220 e. The van der Waals surface area contributed by atoms with Crippen molar-refractivity contribution < 1.29 is 64.6 Å². The fraction of sp³-hybridized carbons (Fsp3) is 0.934. The molecule has 14 nitrogen and oxygen atoms in total. The van der Waals surface area contributed by atoms with Crippen LogP contribution in [0.2, 0.25) is 0 Å². The van der Waals surface area contributed by atoms with Gasteiger partial charge in [-0.15, -0.1) is 0 Å². The van der Waals surface area contributed by atoms with Gasteiger partial charge in [0.05, 0.1) is 32.0 Å². The molecule has 2 saturated heterocycles. The lowest BCUT2D eigenvalue weighted by atomic mass is 9.97. The van der Waals surface area contributed by atoms with E-state index in [2.05, 4.69) is 31.3 Å². The number of carbonyl (C=O) groups is 1. The van der Waals surface area contributed by atoms with Crippen LogP contribution in [0.25, 0.3) is 0 Å². The van der Waals surface area contributed by atoms with E-state index < -0.39 is 86.8 Å². The zero-order valence-corrected chi connectivity index (χ0v) is 58.2. The minimum absolute atomic E-state index is 0.231. The van der Waals surface area contributed by atoms with Gasteiger partial charge in [-0.1, -0.05) is 334 Å². The minimum atomic E-state index is -1.79. The molecule has 1 amide bonds. The molecule has 14 heteroatoms. The number of carbonyl (C=O) groups excluding carboxylic acids is 1. The average molecular weight is 1280 g/mol. The molecule has 0 aromatic rings. The van der Waals surface area contributed by atoms with Gasteiger partial charge in [-0.2, -0.15) is 0 Å². The SMILES string of the molecule is CCCCCCCCCC/C=C\CCCCCCCCCCCCCCCCCCCC(=O)NC(COC1OC(CO)C(OC2OC(CO)C(O)C(O)C2O)C(O)C1O)C(O)/C=C/CCCCCCCCCCCCCCCCCCCCCCCCCCC. The summed E-state index contributed by atoms with van der Waals surface area (Å²) >= 11 is 0. The van der Waals surface area contributed by atoms with Crippen LogP contribution in [0, 0.1) is 0 Å². The number of unbranched alkanes of at least 4 members (excludes halogenated alkanes) is 50. The van der Waals surface area contributed by atoms with E-state index in [9.17, 15) is 45.6 Å².